The zero-order chi connectivity index (χ0) is 16.3. The van der Waals surface area contributed by atoms with Crippen LogP contribution < -0.4 is 16.4 Å². The minimum absolute atomic E-state index is 0.0532. The first-order valence-corrected chi connectivity index (χ1v) is 7.85. The molecule has 2 aliphatic rings. The first kappa shape index (κ1) is 15.9. The number of anilines is 2. The van der Waals surface area contributed by atoms with Crippen molar-refractivity contribution < 1.29 is 14.3 Å². The van der Waals surface area contributed by atoms with E-state index in [4.69, 9.17) is 10.5 Å². The third-order valence-corrected chi connectivity index (χ3v) is 4.14. The largest absolute Gasteiger partial charge is 0.379 e. The van der Waals surface area contributed by atoms with Crippen molar-refractivity contribution >= 4 is 23.2 Å². The van der Waals surface area contributed by atoms with Gasteiger partial charge in [-0.25, -0.2) is 0 Å². The molecule has 1 heterocycles. The van der Waals surface area contributed by atoms with Gasteiger partial charge in [0.05, 0.1) is 25.3 Å². The van der Waals surface area contributed by atoms with Crippen molar-refractivity contribution in [3.05, 3.63) is 24.3 Å². The van der Waals surface area contributed by atoms with Gasteiger partial charge in [-0.1, -0.05) is 0 Å². The number of carbonyl (C=O) groups is 2. The number of rotatable bonds is 5. The van der Waals surface area contributed by atoms with Crippen LogP contribution in [0, 0.1) is 0 Å². The molecule has 4 N–H and O–H groups in total. The van der Waals surface area contributed by atoms with Crippen LogP contribution in [0.5, 0.6) is 0 Å². The molecule has 23 heavy (non-hydrogen) atoms. The molecule has 1 saturated heterocycles. The Balaban J connectivity index is 1.48. The van der Waals surface area contributed by atoms with E-state index in [9.17, 15) is 9.59 Å². The number of carbonyl (C=O) groups excluding carboxylic acids is 2. The lowest BCUT2D eigenvalue weighted by Crippen LogP contribution is -2.41. The number of benzene rings is 1. The van der Waals surface area contributed by atoms with Crippen LogP contribution in [0.1, 0.15) is 12.8 Å². The molecule has 0 unspecified atom stereocenters. The maximum atomic E-state index is 12.0. The van der Waals surface area contributed by atoms with Crippen LogP contribution in [0.25, 0.3) is 0 Å². The minimum Gasteiger partial charge on any atom is -0.379 e. The highest BCUT2D eigenvalue weighted by molar-refractivity contribution is 6.00. The molecule has 1 saturated carbocycles. The van der Waals surface area contributed by atoms with Crippen molar-refractivity contribution in [2.24, 2.45) is 5.73 Å². The Hall–Kier alpha value is -1.96. The second-order valence-electron chi connectivity index (χ2n) is 6.12. The molecule has 2 fully saturated rings. The number of nitrogens with two attached hydrogens (primary N) is 1. The van der Waals surface area contributed by atoms with E-state index in [0.29, 0.717) is 31.1 Å². The summed E-state index contributed by atoms with van der Waals surface area (Å²) in [5.41, 5.74) is 6.53. The smallest absolute Gasteiger partial charge is 0.244 e. The fraction of sp³-hybridized carbons (Fsp3) is 0.500. The molecule has 1 aromatic rings. The molecule has 1 aliphatic heterocycles. The third-order valence-electron chi connectivity index (χ3n) is 4.14. The van der Waals surface area contributed by atoms with E-state index < -0.39 is 5.54 Å². The number of nitrogens with one attached hydrogen (secondary N) is 2. The SMILES string of the molecule is NC1(C(=O)Nc2ccc(NC(=O)CN3CCOCC3)cc2)CC1. The van der Waals surface area contributed by atoms with Gasteiger partial charge in [-0.15, -0.1) is 0 Å². The lowest BCUT2D eigenvalue weighted by molar-refractivity contribution is -0.119. The molecule has 1 aromatic carbocycles. The van der Waals surface area contributed by atoms with E-state index >= 15 is 0 Å². The Morgan fingerprint density at radius 2 is 1.65 bits per heavy atom. The van der Waals surface area contributed by atoms with Crippen molar-refractivity contribution in [1.82, 2.24) is 4.90 Å². The van der Waals surface area contributed by atoms with E-state index in [0.717, 1.165) is 25.9 Å². The van der Waals surface area contributed by atoms with Crippen LogP contribution in [0.15, 0.2) is 24.3 Å². The summed E-state index contributed by atoms with van der Waals surface area (Å²) in [6.07, 6.45) is 1.46. The summed E-state index contributed by atoms with van der Waals surface area (Å²) in [6, 6.07) is 7.05. The maximum Gasteiger partial charge on any atom is 0.244 e. The highest BCUT2D eigenvalue weighted by atomic mass is 16.5. The van der Waals surface area contributed by atoms with E-state index in [2.05, 4.69) is 15.5 Å². The second-order valence-corrected chi connectivity index (χ2v) is 6.12. The van der Waals surface area contributed by atoms with Gasteiger partial charge in [0.25, 0.3) is 0 Å². The van der Waals surface area contributed by atoms with Gasteiger partial charge < -0.3 is 21.1 Å². The molecule has 3 rings (SSSR count). The average molecular weight is 318 g/mol. The predicted molar refractivity (Wildman–Crippen MR) is 87.1 cm³/mol. The van der Waals surface area contributed by atoms with Gasteiger partial charge >= 0.3 is 0 Å². The first-order valence-electron chi connectivity index (χ1n) is 7.85. The number of nitrogens with zero attached hydrogens (tertiary/aromatic N) is 1. The number of amides is 2. The van der Waals surface area contributed by atoms with Gasteiger partial charge in [-0.05, 0) is 37.1 Å². The minimum atomic E-state index is -0.689. The second kappa shape index (κ2) is 6.66. The fourth-order valence-electron chi connectivity index (χ4n) is 2.42. The summed E-state index contributed by atoms with van der Waals surface area (Å²) < 4.78 is 5.26. The van der Waals surface area contributed by atoms with E-state index in [1.54, 1.807) is 24.3 Å². The van der Waals surface area contributed by atoms with Crippen LogP contribution in [0.2, 0.25) is 0 Å². The van der Waals surface area contributed by atoms with Crippen molar-refractivity contribution in [2.75, 3.05) is 43.5 Å². The molecule has 0 atom stereocenters. The van der Waals surface area contributed by atoms with Gasteiger partial charge in [0, 0.05) is 24.5 Å². The van der Waals surface area contributed by atoms with Crippen LogP contribution in [-0.4, -0.2) is 55.1 Å². The standard InChI is InChI=1S/C16H22N4O3/c17-16(5-6-16)15(22)19-13-3-1-12(2-4-13)18-14(21)11-20-7-9-23-10-8-20/h1-4H,5-11,17H2,(H,18,21)(H,19,22). The molecule has 0 aromatic heterocycles. The van der Waals surface area contributed by atoms with Crippen LogP contribution >= 0.6 is 0 Å². The van der Waals surface area contributed by atoms with E-state index in [1.807, 2.05) is 0 Å². The Kier molecular flexibility index (Phi) is 4.61. The van der Waals surface area contributed by atoms with Crippen molar-refractivity contribution in [2.45, 2.75) is 18.4 Å². The van der Waals surface area contributed by atoms with Gasteiger partial charge in [0.2, 0.25) is 11.8 Å². The van der Waals surface area contributed by atoms with E-state index in [1.165, 1.54) is 0 Å². The molecule has 0 bridgehead atoms. The Bertz CT molecular complexity index is 577. The van der Waals surface area contributed by atoms with Gasteiger partial charge in [-0.3, -0.25) is 14.5 Å². The number of ether oxygens (including phenoxy) is 1. The summed E-state index contributed by atoms with van der Waals surface area (Å²) in [5.74, 6) is -0.204. The number of hydrogen-bond donors (Lipinski definition) is 3. The zero-order valence-electron chi connectivity index (χ0n) is 13.0. The zero-order valence-corrected chi connectivity index (χ0v) is 13.0. The average Bonchev–Trinajstić information content (AvgIpc) is 3.29. The van der Waals surface area contributed by atoms with E-state index in [-0.39, 0.29) is 11.8 Å². The van der Waals surface area contributed by atoms with Crippen LogP contribution in [0.4, 0.5) is 11.4 Å². The summed E-state index contributed by atoms with van der Waals surface area (Å²) in [7, 11) is 0. The Morgan fingerprint density at radius 3 is 2.22 bits per heavy atom. The molecule has 0 spiro atoms. The molecule has 1 aliphatic carbocycles. The summed E-state index contributed by atoms with van der Waals surface area (Å²) in [6.45, 7) is 3.25. The van der Waals surface area contributed by atoms with Gasteiger partial charge in [0.15, 0.2) is 0 Å². The quantitative estimate of drug-likeness (QED) is 0.730. The molecule has 7 heteroatoms. The topological polar surface area (TPSA) is 96.7 Å². The molecular weight excluding hydrogens is 296 g/mol. The normalized spacial score (nSPS) is 19.9. The van der Waals surface area contributed by atoms with Crippen LogP contribution in [0.3, 0.4) is 0 Å². The Labute approximate surface area is 135 Å². The van der Waals surface area contributed by atoms with Crippen molar-refractivity contribution in [3.63, 3.8) is 0 Å². The molecule has 0 radical (unpaired) electrons. The molecule has 124 valence electrons. The highest BCUT2D eigenvalue weighted by Gasteiger charge is 2.45. The van der Waals surface area contributed by atoms with Gasteiger partial charge in [0.1, 0.15) is 0 Å². The summed E-state index contributed by atoms with van der Waals surface area (Å²) in [5, 5.41) is 5.65. The fourth-order valence-corrected chi connectivity index (χ4v) is 2.42. The summed E-state index contributed by atoms with van der Waals surface area (Å²) in [4.78, 5) is 25.9. The third kappa shape index (κ3) is 4.28. The highest BCUT2D eigenvalue weighted by Crippen LogP contribution is 2.33. The lowest BCUT2D eigenvalue weighted by atomic mass is 10.2. The van der Waals surface area contributed by atoms with Crippen molar-refractivity contribution in [3.8, 4) is 0 Å². The number of morpholine rings is 1. The number of hydrogen-bond acceptors (Lipinski definition) is 5. The lowest BCUT2D eigenvalue weighted by Gasteiger charge is -2.25. The maximum absolute atomic E-state index is 12.0. The summed E-state index contributed by atoms with van der Waals surface area (Å²) >= 11 is 0. The molecule has 7 nitrogen and oxygen atoms in total. The monoisotopic (exact) mass is 318 g/mol. The molecule has 2 amide bonds. The van der Waals surface area contributed by atoms with Crippen LogP contribution in [-0.2, 0) is 14.3 Å². The Morgan fingerprint density at radius 1 is 1.09 bits per heavy atom. The van der Waals surface area contributed by atoms with Crippen molar-refractivity contribution in [1.29, 1.82) is 0 Å². The predicted octanol–water partition coefficient (Wildman–Crippen LogP) is 0.387. The first-order chi connectivity index (χ1) is 11.0. The molecular formula is C16H22N4O3. The van der Waals surface area contributed by atoms with Gasteiger partial charge in [-0.2, -0.15) is 0 Å².